The molecule has 3 aromatic rings. The zero-order valence-electron chi connectivity index (χ0n) is 26.6. The van der Waals surface area contributed by atoms with Crippen LogP contribution in [0.15, 0.2) is 89.8 Å². The van der Waals surface area contributed by atoms with Gasteiger partial charge in [0, 0.05) is 20.8 Å². The largest absolute Gasteiger partial charge is 0.457 e. The number of carbonyl (C=O) groups excluding carboxylic acids is 3. The predicted molar refractivity (Wildman–Crippen MR) is 170 cm³/mol. The molecular weight excluding hydrogens is 628 g/mol. The van der Waals surface area contributed by atoms with E-state index in [9.17, 15) is 22.8 Å². The zero-order valence-corrected chi connectivity index (χ0v) is 27.4. The van der Waals surface area contributed by atoms with Crippen molar-refractivity contribution in [1.82, 2.24) is 0 Å². The van der Waals surface area contributed by atoms with Crippen molar-refractivity contribution in [1.29, 1.82) is 0 Å². The van der Waals surface area contributed by atoms with Gasteiger partial charge in [-0.25, -0.2) is 0 Å². The first-order chi connectivity index (χ1) is 22.4. The summed E-state index contributed by atoms with van der Waals surface area (Å²) in [6.07, 6.45) is -1.54. The molecule has 0 aliphatic carbocycles. The van der Waals surface area contributed by atoms with Gasteiger partial charge in [-0.3, -0.25) is 18.6 Å². The Kier molecular flexibility index (Phi) is 14.1. The minimum absolute atomic E-state index is 0.00107. The predicted octanol–water partition coefficient (Wildman–Crippen LogP) is 4.30. The molecule has 0 spiro atoms. The lowest BCUT2D eigenvalue weighted by Gasteiger charge is -2.37. The van der Waals surface area contributed by atoms with Crippen molar-refractivity contribution in [3.05, 3.63) is 102 Å². The average Bonchev–Trinajstić information content (AvgIpc) is 3.03. The van der Waals surface area contributed by atoms with Crippen molar-refractivity contribution in [3.8, 4) is 12.3 Å². The van der Waals surface area contributed by atoms with Gasteiger partial charge in [0.15, 0.2) is 24.4 Å². The van der Waals surface area contributed by atoms with Gasteiger partial charge in [0.25, 0.3) is 10.1 Å². The van der Waals surface area contributed by atoms with Crippen LogP contribution in [0.3, 0.4) is 0 Å². The Morgan fingerprint density at radius 1 is 0.681 bits per heavy atom. The number of benzene rings is 3. The lowest BCUT2D eigenvalue weighted by molar-refractivity contribution is -0.208. The van der Waals surface area contributed by atoms with Crippen LogP contribution < -0.4 is 0 Å². The molecule has 3 rings (SSSR count). The molecule has 0 aliphatic heterocycles. The Bertz CT molecular complexity index is 1600. The highest BCUT2D eigenvalue weighted by atomic mass is 32.2. The minimum Gasteiger partial charge on any atom is -0.457 e. The van der Waals surface area contributed by atoms with Crippen molar-refractivity contribution in [2.75, 3.05) is 6.61 Å². The molecule has 12 heteroatoms. The molecule has 11 nitrogen and oxygen atoms in total. The molecule has 0 bridgehead atoms. The van der Waals surface area contributed by atoms with Gasteiger partial charge in [0.05, 0.1) is 18.1 Å². The second-order valence-electron chi connectivity index (χ2n) is 10.5. The maximum Gasteiger partial charge on any atom is 0.303 e. The highest BCUT2D eigenvalue weighted by molar-refractivity contribution is 7.86. The van der Waals surface area contributed by atoms with E-state index < -0.39 is 65.2 Å². The number of hydrogen-bond donors (Lipinski definition) is 0. The molecule has 5 atom stereocenters. The number of terminal acetylenes is 1. The van der Waals surface area contributed by atoms with Gasteiger partial charge in [0.1, 0.15) is 12.7 Å². The van der Waals surface area contributed by atoms with Gasteiger partial charge in [-0.15, -0.1) is 6.42 Å². The van der Waals surface area contributed by atoms with E-state index in [1.807, 2.05) is 6.07 Å². The molecule has 0 unspecified atom stereocenters. The lowest BCUT2D eigenvalue weighted by Crippen LogP contribution is -2.55. The lowest BCUT2D eigenvalue weighted by atomic mass is 9.98. The summed E-state index contributed by atoms with van der Waals surface area (Å²) in [5, 5.41) is 0. The summed E-state index contributed by atoms with van der Waals surface area (Å²) >= 11 is 0. The van der Waals surface area contributed by atoms with E-state index in [1.54, 1.807) is 73.7 Å². The maximum absolute atomic E-state index is 13.1. The first kappa shape index (κ1) is 36.9. The third-order valence-electron chi connectivity index (χ3n) is 6.65. The number of esters is 3. The van der Waals surface area contributed by atoms with E-state index in [2.05, 4.69) is 5.92 Å². The van der Waals surface area contributed by atoms with Crippen molar-refractivity contribution < 1.29 is 50.7 Å². The normalized spacial score (nSPS) is 14.4. The number of carbonyl (C=O) groups is 3. The molecule has 3 aromatic carbocycles. The summed E-state index contributed by atoms with van der Waals surface area (Å²) in [6.45, 7) is 4.26. The molecule has 0 fully saturated rings. The molecular formula is C35H38O11S. The Balaban J connectivity index is 2.06. The monoisotopic (exact) mass is 666 g/mol. The molecule has 0 saturated heterocycles. The van der Waals surface area contributed by atoms with Crippen molar-refractivity contribution in [3.63, 3.8) is 0 Å². The first-order valence-electron chi connectivity index (χ1n) is 14.6. The van der Waals surface area contributed by atoms with Crippen LogP contribution in [0.25, 0.3) is 0 Å². The van der Waals surface area contributed by atoms with Gasteiger partial charge >= 0.3 is 17.9 Å². The molecule has 0 N–H and O–H groups in total. The zero-order chi connectivity index (χ0) is 34.4. The van der Waals surface area contributed by atoms with E-state index in [0.717, 1.165) is 31.9 Å². The van der Waals surface area contributed by atoms with Crippen molar-refractivity contribution >= 4 is 28.0 Å². The van der Waals surface area contributed by atoms with Gasteiger partial charge in [0.2, 0.25) is 0 Å². The average molecular weight is 667 g/mol. The van der Waals surface area contributed by atoms with Gasteiger partial charge in [-0.05, 0) is 30.2 Å². The first-order valence-corrected chi connectivity index (χ1v) is 16.1. The van der Waals surface area contributed by atoms with E-state index >= 15 is 0 Å². The summed E-state index contributed by atoms with van der Waals surface area (Å²) < 4.78 is 60.6. The standard InChI is InChI=1S/C35H38O11S/c1-6-31(41-21-28-13-9-7-10-14-28)34(45-26(4)37)35(46-27(5)38)33(42-22-29-15-11-8-12-16-29)32(44-25(3)36)23-43-47(39,40)30-19-17-24(2)18-20-30/h1,7-20,31-35H,21-23H2,2-5H3/t31-,32-,33-,34-,35+/m1/s1. The summed E-state index contributed by atoms with van der Waals surface area (Å²) in [5.74, 6) is 0.00383. The fraction of sp³-hybridized carbons (Fsp3) is 0.343. The Morgan fingerprint density at radius 2 is 1.17 bits per heavy atom. The SMILES string of the molecule is C#C[C@@H](OCc1ccccc1)[C@@H](OC(C)=O)[C@@H](OC(C)=O)[C@H](OCc1ccccc1)[C@@H](COS(=O)(=O)c1ccc(C)cc1)OC(C)=O. The minimum atomic E-state index is -4.35. The van der Waals surface area contributed by atoms with Crippen molar-refractivity contribution in [2.24, 2.45) is 0 Å². The van der Waals surface area contributed by atoms with Crippen LogP contribution >= 0.6 is 0 Å². The molecule has 47 heavy (non-hydrogen) atoms. The summed E-state index contributed by atoms with van der Waals surface area (Å²) in [6, 6.07) is 23.8. The van der Waals surface area contributed by atoms with Crippen LogP contribution in [0.1, 0.15) is 37.5 Å². The molecule has 0 amide bonds. The highest BCUT2D eigenvalue weighted by Crippen LogP contribution is 2.26. The Labute approximate surface area is 275 Å². The second-order valence-corrected chi connectivity index (χ2v) is 12.1. The highest BCUT2D eigenvalue weighted by Gasteiger charge is 2.46. The maximum atomic E-state index is 13.1. The van der Waals surface area contributed by atoms with E-state index in [4.69, 9.17) is 34.3 Å². The summed E-state index contributed by atoms with van der Waals surface area (Å²) in [4.78, 5) is 37.2. The van der Waals surface area contributed by atoms with Crippen LogP contribution in [0.4, 0.5) is 0 Å². The number of rotatable bonds is 17. The van der Waals surface area contributed by atoms with E-state index in [0.29, 0.717) is 5.56 Å². The van der Waals surface area contributed by atoms with Gasteiger partial charge in [-0.2, -0.15) is 8.42 Å². The topological polar surface area (TPSA) is 141 Å². The second kappa shape index (κ2) is 18.0. The van der Waals surface area contributed by atoms with Gasteiger partial charge < -0.3 is 23.7 Å². The Morgan fingerprint density at radius 3 is 1.66 bits per heavy atom. The fourth-order valence-corrected chi connectivity index (χ4v) is 5.44. The van der Waals surface area contributed by atoms with Crippen LogP contribution in [0.5, 0.6) is 0 Å². The number of ether oxygens (including phenoxy) is 5. The van der Waals surface area contributed by atoms with E-state index in [-0.39, 0.29) is 18.1 Å². The van der Waals surface area contributed by atoms with Crippen LogP contribution in [-0.4, -0.2) is 63.5 Å². The van der Waals surface area contributed by atoms with Crippen molar-refractivity contribution in [2.45, 2.75) is 76.3 Å². The number of hydrogen-bond acceptors (Lipinski definition) is 11. The molecule has 250 valence electrons. The summed E-state index contributed by atoms with van der Waals surface area (Å²) in [5.41, 5.74) is 2.25. The van der Waals surface area contributed by atoms with Gasteiger partial charge in [-0.1, -0.05) is 84.3 Å². The molecule has 0 aliphatic rings. The van der Waals surface area contributed by atoms with Crippen LogP contribution in [0, 0.1) is 19.3 Å². The van der Waals surface area contributed by atoms with Crippen LogP contribution in [0.2, 0.25) is 0 Å². The third kappa shape index (κ3) is 12.0. The third-order valence-corrected chi connectivity index (χ3v) is 7.95. The molecule has 0 radical (unpaired) electrons. The smallest absolute Gasteiger partial charge is 0.303 e. The number of aryl methyl sites for hydroxylation is 1. The quantitative estimate of drug-likeness (QED) is 0.0882. The molecule has 0 heterocycles. The molecule has 0 aromatic heterocycles. The fourth-order valence-electron chi connectivity index (χ4n) is 4.52. The Hall–Kier alpha value is -4.54. The molecule has 0 saturated carbocycles. The van der Waals surface area contributed by atoms with Crippen LogP contribution in [-0.2, 0) is 65.6 Å². The van der Waals surface area contributed by atoms with E-state index in [1.165, 1.54) is 12.1 Å². The summed E-state index contributed by atoms with van der Waals surface area (Å²) in [7, 11) is -4.35.